The van der Waals surface area contributed by atoms with Crippen molar-refractivity contribution in [3.63, 3.8) is 0 Å². The van der Waals surface area contributed by atoms with Crippen LogP contribution >= 0.6 is 0 Å². The van der Waals surface area contributed by atoms with Crippen molar-refractivity contribution in [2.24, 2.45) is 0 Å². The molecule has 1 amide bonds. The highest BCUT2D eigenvalue weighted by Crippen LogP contribution is 2.02. The lowest BCUT2D eigenvalue weighted by Gasteiger charge is -2.33. The summed E-state index contributed by atoms with van der Waals surface area (Å²) in [4.78, 5) is 15.7. The third kappa shape index (κ3) is 4.16. The molecule has 0 radical (unpaired) electrons. The van der Waals surface area contributed by atoms with Gasteiger partial charge in [-0.15, -0.1) is 0 Å². The van der Waals surface area contributed by atoms with E-state index in [9.17, 15) is 4.79 Å². The molecular weight excluding hydrogens is 204 g/mol. The van der Waals surface area contributed by atoms with Gasteiger partial charge in [-0.1, -0.05) is 18.2 Å². The molecule has 1 aliphatic heterocycles. The molecule has 0 bridgehead atoms. The molecule has 0 saturated carbocycles. The second kappa shape index (κ2) is 7.19. The topological polar surface area (TPSA) is 43.8 Å². The van der Waals surface area contributed by atoms with Gasteiger partial charge in [0.2, 0.25) is 5.91 Å². The first-order valence-electron chi connectivity index (χ1n) is 5.69. The van der Waals surface area contributed by atoms with Gasteiger partial charge < -0.3 is 10.0 Å². The third-order valence-corrected chi connectivity index (χ3v) is 2.64. The zero-order valence-electron chi connectivity index (χ0n) is 9.80. The van der Waals surface area contributed by atoms with E-state index in [1.165, 1.54) is 0 Å². The Hall–Kier alpha value is -1.13. The third-order valence-electron chi connectivity index (χ3n) is 2.64. The van der Waals surface area contributed by atoms with Crippen LogP contribution in [0.5, 0.6) is 0 Å². The molecule has 1 aliphatic rings. The Kier molecular flexibility index (Phi) is 5.82. The number of aliphatic hydroxyl groups excluding tert-OH is 1. The van der Waals surface area contributed by atoms with Crippen LogP contribution in [0, 0.1) is 0 Å². The van der Waals surface area contributed by atoms with E-state index < -0.39 is 0 Å². The SMILES string of the molecule is C/C=C/C=C/C(=O)N1CCN(CCO)CC1. The fourth-order valence-electron chi connectivity index (χ4n) is 1.69. The van der Waals surface area contributed by atoms with Crippen LogP contribution in [0.4, 0.5) is 0 Å². The number of allylic oxidation sites excluding steroid dienone is 3. The van der Waals surface area contributed by atoms with E-state index in [1.807, 2.05) is 24.0 Å². The number of hydrogen-bond acceptors (Lipinski definition) is 3. The summed E-state index contributed by atoms with van der Waals surface area (Å²) >= 11 is 0. The van der Waals surface area contributed by atoms with Crippen molar-refractivity contribution in [1.82, 2.24) is 9.80 Å². The number of β-amino-alcohol motifs (C(OH)–C–C–N with tert-alkyl or cyclic N) is 1. The number of aliphatic hydroxyl groups is 1. The van der Waals surface area contributed by atoms with Crippen molar-refractivity contribution >= 4 is 5.91 Å². The van der Waals surface area contributed by atoms with Crippen LogP contribution in [0.1, 0.15) is 6.92 Å². The van der Waals surface area contributed by atoms with E-state index >= 15 is 0 Å². The Labute approximate surface area is 96.8 Å². The second-order valence-corrected chi connectivity index (χ2v) is 3.78. The maximum Gasteiger partial charge on any atom is 0.246 e. The van der Waals surface area contributed by atoms with E-state index in [2.05, 4.69) is 4.90 Å². The largest absolute Gasteiger partial charge is 0.395 e. The molecular formula is C12H20N2O2. The van der Waals surface area contributed by atoms with Crippen molar-refractivity contribution in [2.75, 3.05) is 39.3 Å². The van der Waals surface area contributed by atoms with E-state index in [0.29, 0.717) is 6.54 Å². The van der Waals surface area contributed by atoms with Crippen molar-refractivity contribution in [1.29, 1.82) is 0 Å². The van der Waals surface area contributed by atoms with Gasteiger partial charge in [0.25, 0.3) is 0 Å². The van der Waals surface area contributed by atoms with Crippen LogP contribution in [-0.4, -0.2) is 60.1 Å². The maximum absolute atomic E-state index is 11.7. The van der Waals surface area contributed by atoms with Gasteiger partial charge in [-0.05, 0) is 6.92 Å². The number of rotatable bonds is 4. The highest BCUT2D eigenvalue weighted by molar-refractivity contribution is 5.87. The number of carbonyl (C=O) groups is 1. The van der Waals surface area contributed by atoms with Gasteiger partial charge in [0, 0.05) is 38.8 Å². The zero-order chi connectivity index (χ0) is 11.8. The number of nitrogens with zero attached hydrogens (tertiary/aromatic N) is 2. The van der Waals surface area contributed by atoms with Gasteiger partial charge in [0.05, 0.1) is 6.61 Å². The minimum Gasteiger partial charge on any atom is -0.395 e. The summed E-state index contributed by atoms with van der Waals surface area (Å²) < 4.78 is 0. The summed E-state index contributed by atoms with van der Waals surface area (Å²) in [6.45, 7) is 6.01. The summed E-state index contributed by atoms with van der Waals surface area (Å²) in [7, 11) is 0. The second-order valence-electron chi connectivity index (χ2n) is 3.78. The monoisotopic (exact) mass is 224 g/mol. The predicted molar refractivity (Wildman–Crippen MR) is 64.1 cm³/mol. The van der Waals surface area contributed by atoms with Gasteiger partial charge in [-0.3, -0.25) is 9.69 Å². The molecule has 1 saturated heterocycles. The summed E-state index contributed by atoms with van der Waals surface area (Å²) in [5, 5.41) is 8.80. The Balaban J connectivity index is 2.33. The van der Waals surface area contributed by atoms with Crippen LogP contribution in [-0.2, 0) is 4.79 Å². The van der Waals surface area contributed by atoms with Crippen LogP contribution in [0.2, 0.25) is 0 Å². The Morgan fingerprint density at radius 2 is 1.94 bits per heavy atom. The molecule has 0 aromatic heterocycles. The molecule has 16 heavy (non-hydrogen) atoms. The van der Waals surface area contributed by atoms with E-state index in [-0.39, 0.29) is 12.5 Å². The highest BCUT2D eigenvalue weighted by Gasteiger charge is 2.18. The lowest BCUT2D eigenvalue weighted by Crippen LogP contribution is -2.48. The Morgan fingerprint density at radius 1 is 1.25 bits per heavy atom. The fraction of sp³-hybridized carbons (Fsp3) is 0.583. The zero-order valence-corrected chi connectivity index (χ0v) is 9.80. The summed E-state index contributed by atoms with van der Waals surface area (Å²) in [5.74, 6) is 0.0711. The molecule has 0 spiro atoms. The van der Waals surface area contributed by atoms with E-state index in [1.54, 1.807) is 12.2 Å². The minimum absolute atomic E-state index is 0.0711. The Morgan fingerprint density at radius 3 is 2.50 bits per heavy atom. The molecule has 90 valence electrons. The number of carbonyl (C=O) groups excluding carboxylic acids is 1. The predicted octanol–water partition coefficient (Wildman–Crippen LogP) is 0.255. The van der Waals surface area contributed by atoms with Crippen molar-refractivity contribution in [2.45, 2.75) is 6.92 Å². The molecule has 1 fully saturated rings. The van der Waals surface area contributed by atoms with Crippen molar-refractivity contribution < 1.29 is 9.90 Å². The molecule has 0 aromatic carbocycles. The van der Waals surface area contributed by atoms with Crippen LogP contribution < -0.4 is 0 Å². The first kappa shape index (κ1) is 12.9. The van der Waals surface area contributed by atoms with Gasteiger partial charge in [0.1, 0.15) is 0 Å². The summed E-state index contributed by atoms with van der Waals surface area (Å²) in [6, 6.07) is 0. The molecule has 0 aromatic rings. The maximum atomic E-state index is 11.7. The minimum atomic E-state index is 0.0711. The van der Waals surface area contributed by atoms with Gasteiger partial charge in [-0.25, -0.2) is 0 Å². The number of hydrogen-bond donors (Lipinski definition) is 1. The molecule has 4 nitrogen and oxygen atoms in total. The van der Waals surface area contributed by atoms with Gasteiger partial charge in [0.15, 0.2) is 0 Å². The van der Waals surface area contributed by atoms with Crippen LogP contribution in [0.25, 0.3) is 0 Å². The Bertz CT molecular complexity index is 266. The number of piperazine rings is 1. The first-order valence-corrected chi connectivity index (χ1v) is 5.69. The molecule has 1 heterocycles. The van der Waals surface area contributed by atoms with Gasteiger partial charge in [-0.2, -0.15) is 0 Å². The smallest absolute Gasteiger partial charge is 0.246 e. The molecule has 0 unspecified atom stereocenters. The van der Waals surface area contributed by atoms with E-state index in [0.717, 1.165) is 26.2 Å². The molecule has 1 rings (SSSR count). The summed E-state index contributed by atoms with van der Waals surface area (Å²) in [5.41, 5.74) is 0. The van der Waals surface area contributed by atoms with E-state index in [4.69, 9.17) is 5.11 Å². The average molecular weight is 224 g/mol. The van der Waals surface area contributed by atoms with Gasteiger partial charge >= 0.3 is 0 Å². The number of amides is 1. The lowest BCUT2D eigenvalue weighted by molar-refractivity contribution is -0.127. The normalized spacial score (nSPS) is 18.8. The summed E-state index contributed by atoms with van der Waals surface area (Å²) in [6.07, 6.45) is 7.10. The standard InChI is InChI=1S/C12H20N2O2/c1-2-3-4-5-12(16)14-8-6-13(7-9-14)10-11-15/h2-5,15H,6-11H2,1H3/b3-2+,5-4+. The molecule has 0 aliphatic carbocycles. The molecule has 0 atom stereocenters. The van der Waals surface area contributed by atoms with Crippen LogP contribution in [0.15, 0.2) is 24.3 Å². The average Bonchev–Trinajstić information content (AvgIpc) is 2.30. The molecule has 1 N–H and O–H groups in total. The highest BCUT2D eigenvalue weighted by atomic mass is 16.3. The molecule has 4 heteroatoms. The van der Waals surface area contributed by atoms with Crippen molar-refractivity contribution in [3.8, 4) is 0 Å². The quantitative estimate of drug-likeness (QED) is 0.550. The van der Waals surface area contributed by atoms with Crippen LogP contribution in [0.3, 0.4) is 0 Å². The fourth-order valence-corrected chi connectivity index (χ4v) is 1.69. The first-order chi connectivity index (χ1) is 7.77. The lowest BCUT2D eigenvalue weighted by atomic mass is 10.3. The van der Waals surface area contributed by atoms with Crippen molar-refractivity contribution in [3.05, 3.63) is 24.3 Å².